The van der Waals surface area contributed by atoms with Crippen molar-refractivity contribution in [3.63, 3.8) is 0 Å². The molecule has 1 aromatic rings. The Labute approximate surface area is 98.9 Å². The van der Waals surface area contributed by atoms with Crippen LogP contribution in [0.1, 0.15) is 31.9 Å². The SMILES string of the molecule is CCC(C)CN(C)CC(O)c1ccccc1. The van der Waals surface area contributed by atoms with Crippen LogP contribution < -0.4 is 0 Å². The minimum atomic E-state index is -0.379. The topological polar surface area (TPSA) is 23.5 Å². The second-order valence-electron chi connectivity index (χ2n) is 4.66. The summed E-state index contributed by atoms with van der Waals surface area (Å²) >= 11 is 0. The molecule has 2 nitrogen and oxygen atoms in total. The number of nitrogens with zero attached hydrogens (tertiary/aromatic N) is 1. The van der Waals surface area contributed by atoms with Gasteiger partial charge in [-0.1, -0.05) is 50.6 Å². The van der Waals surface area contributed by atoms with E-state index in [4.69, 9.17) is 0 Å². The number of hydrogen-bond donors (Lipinski definition) is 1. The Morgan fingerprint density at radius 1 is 1.19 bits per heavy atom. The molecule has 0 aliphatic carbocycles. The lowest BCUT2D eigenvalue weighted by atomic mass is 10.1. The van der Waals surface area contributed by atoms with E-state index in [1.807, 2.05) is 30.3 Å². The van der Waals surface area contributed by atoms with Crippen LogP contribution in [0.25, 0.3) is 0 Å². The van der Waals surface area contributed by atoms with Crippen molar-refractivity contribution < 1.29 is 5.11 Å². The Kier molecular flexibility index (Phi) is 5.50. The van der Waals surface area contributed by atoms with E-state index in [0.29, 0.717) is 12.5 Å². The van der Waals surface area contributed by atoms with Crippen LogP contribution in [0.4, 0.5) is 0 Å². The molecule has 0 aliphatic heterocycles. The fourth-order valence-electron chi connectivity index (χ4n) is 1.81. The molecule has 0 aromatic heterocycles. The van der Waals surface area contributed by atoms with E-state index < -0.39 is 0 Å². The number of aliphatic hydroxyl groups is 1. The zero-order chi connectivity index (χ0) is 12.0. The lowest BCUT2D eigenvalue weighted by Gasteiger charge is -2.23. The number of hydrogen-bond acceptors (Lipinski definition) is 2. The maximum Gasteiger partial charge on any atom is 0.0916 e. The van der Waals surface area contributed by atoms with Crippen molar-refractivity contribution in [2.24, 2.45) is 5.92 Å². The summed E-state index contributed by atoms with van der Waals surface area (Å²) in [5, 5.41) is 10.0. The van der Waals surface area contributed by atoms with Crippen molar-refractivity contribution in [2.45, 2.75) is 26.4 Å². The summed E-state index contributed by atoms with van der Waals surface area (Å²) in [4.78, 5) is 2.20. The standard InChI is InChI=1S/C14H23NO/c1-4-12(2)10-15(3)11-14(16)13-8-6-5-7-9-13/h5-9,12,14,16H,4,10-11H2,1-3H3. The average molecular weight is 221 g/mol. The van der Waals surface area contributed by atoms with Gasteiger partial charge in [-0.3, -0.25) is 0 Å². The van der Waals surface area contributed by atoms with Crippen LogP contribution in [0.15, 0.2) is 30.3 Å². The molecule has 1 aromatic carbocycles. The molecule has 1 rings (SSSR count). The van der Waals surface area contributed by atoms with Gasteiger partial charge in [0.05, 0.1) is 6.10 Å². The van der Waals surface area contributed by atoms with Crippen LogP contribution in [0.5, 0.6) is 0 Å². The highest BCUT2D eigenvalue weighted by atomic mass is 16.3. The summed E-state index contributed by atoms with van der Waals surface area (Å²) in [6.45, 7) is 6.19. The second-order valence-corrected chi connectivity index (χ2v) is 4.66. The van der Waals surface area contributed by atoms with Crippen molar-refractivity contribution in [1.29, 1.82) is 0 Å². The molecule has 90 valence electrons. The van der Waals surface area contributed by atoms with Gasteiger partial charge in [0.25, 0.3) is 0 Å². The molecule has 2 heteroatoms. The van der Waals surface area contributed by atoms with Crippen LogP contribution in [-0.4, -0.2) is 30.1 Å². The normalized spacial score (nSPS) is 15.1. The first kappa shape index (κ1) is 13.2. The van der Waals surface area contributed by atoms with E-state index in [1.165, 1.54) is 6.42 Å². The first-order valence-electron chi connectivity index (χ1n) is 6.05. The van der Waals surface area contributed by atoms with Gasteiger partial charge in [-0.25, -0.2) is 0 Å². The highest BCUT2D eigenvalue weighted by Crippen LogP contribution is 2.14. The molecular formula is C14H23NO. The van der Waals surface area contributed by atoms with Gasteiger partial charge >= 0.3 is 0 Å². The zero-order valence-corrected chi connectivity index (χ0v) is 10.6. The molecule has 2 atom stereocenters. The average Bonchev–Trinajstić information content (AvgIpc) is 2.29. The lowest BCUT2D eigenvalue weighted by molar-refractivity contribution is 0.119. The summed E-state index contributed by atoms with van der Waals surface area (Å²) in [5.74, 6) is 0.688. The summed E-state index contributed by atoms with van der Waals surface area (Å²) in [6.07, 6.45) is 0.807. The van der Waals surface area contributed by atoms with Crippen molar-refractivity contribution in [3.05, 3.63) is 35.9 Å². The van der Waals surface area contributed by atoms with Crippen molar-refractivity contribution in [2.75, 3.05) is 20.1 Å². The molecule has 0 radical (unpaired) electrons. The Morgan fingerprint density at radius 3 is 2.38 bits per heavy atom. The van der Waals surface area contributed by atoms with Crippen molar-refractivity contribution >= 4 is 0 Å². The Balaban J connectivity index is 2.42. The smallest absolute Gasteiger partial charge is 0.0916 e. The van der Waals surface area contributed by atoms with Crippen molar-refractivity contribution in [1.82, 2.24) is 4.90 Å². The molecule has 0 bridgehead atoms. The largest absolute Gasteiger partial charge is 0.387 e. The number of likely N-dealkylation sites (N-methyl/N-ethyl adjacent to an activating group) is 1. The van der Waals surface area contributed by atoms with Crippen molar-refractivity contribution in [3.8, 4) is 0 Å². The summed E-state index contributed by atoms with van der Waals surface area (Å²) in [5.41, 5.74) is 0.999. The van der Waals surface area contributed by atoms with Crippen LogP contribution in [0.3, 0.4) is 0 Å². The van der Waals surface area contributed by atoms with Gasteiger partial charge in [0, 0.05) is 13.1 Å². The molecule has 0 saturated heterocycles. The Bertz CT molecular complexity index is 286. The summed E-state index contributed by atoms with van der Waals surface area (Å²) in [6, 6.07) is 9.85. The van der Waals surface area contributed by atoms with Gasteiger partial charge in [0.1, 0.15) is 0 Å². The molecule has 0 amide bonds. The molecule has 2 unspecified atom stereocenters. The Morgan fingerprint density at radius 2 is 1.81 bits per heavy atom. The summed E-state index contributed by atoms with van der Waals surface area (Å²) < 4.78 is 0. The zero-order valence-electron chi connectivity index (χ0n) is 10.6. The van der Waals surface area contributed by atoms with Gasteiger partial charge < -0.3 is 10.0 Å². The van der Waals surface area contributed by atoms with Gasteiger partial charge in [0.15, 0.2) is 0 Å². The van der Waals surface area contributed by atoms with E-state index in [9.17, 15) is 5.11 Å². The highest BCUT2D eigenvalue weighted by Gasteiger charge is 2.11. The number of benzene rings is 1. The third-order valence-corrected chi connectivity index (χ3v) is 2.99. The molecule has 0 fully saturated rings. The van der Waals surface area contributed by atoms with Crippen LogP contribution in [-0.2, 0) is 0 Å². The van der Waals surface area contributed by atoms with Gasteiger partial charge in [-0.2, -0.15) is 0 Å². The van der Waals surface area contributed by atoms with E-state index in [0.717, 1.165) is 12.1 Å². The molecule has 0 saturated carbocycles. The van der Waals surface area contributed by atoms with Crippen LogP contribution in [0, 0.1) is 5.92 Å². The molecule has 1 N–H and O–H groups in total. The maximum atomic E-state index is 10.0. The van der Waals surface area contributed by atoms with Gasteiger partial charge in [0.2, 0.25) is 0 Å². The minimum Gasteiger partial charge on any atom is -0.387 e. The maximum absolute atomic E-state index is 10.0. The molecule has 0 heterocycles. The first-order valence-corrected chi connectivity index (χ1v) is 6.05. The van der Waals surface area contributed by atoms with E-state index >= 15 is 0 Å². The van der Waals surface area contributed by atoms with E-state index in [2.05, 4.69) is 25.8 Å². The quantitative estimate of drug-likeness (QED) is 0.798. The highest BCUT2D eigenvalue weighted by molar-refractivity contribution is 5.17. The second kappa shape index (κ2) is 6.66. The predicted octanol–water partition coefficient (Wildman–Crippen LogP) is 2.70. The monoisotopic (exact) mass is 221 g/mol. The molecule has 0 spiro atoms. The van der Waals surface area contributed by atoms with Crippen LogP contribution in [0.2, 0.25) is 0 Å². The number of aliphatic hydroxyl groups excluding tert-OH is 1. The third kappa shape index (κ3) is 4.33. The fraction of sp³-hybridized carbons (Fsp3) is 0.571. The lowest BCUT2D eigenvalue weighted by Crippen LogP contribution is -2.28. The minimum absolute atomic E-state index is 0.379. The van der Waals surface area contributed by atoms with E-state index in [-0.39, 0.29) is 6.10 Å². The molecular weight excluding hydrogens is 198 g/mol. The third-order valence-electron chi connectivity index (χ3n) is 2.99. The predicted molar refractivity (Wildman–Crippen MR) is 68.4 cm³/mol. The fourth-order valence-corrected chi connectivity index (χ4v) is 1.81. The first-order chi connectivity index (χ1) is 7.63. The van der Waals surface area contributed by atoms with E-state index in [1.54, 1.807) is 0 Å². The Hall–Kier alpha value is -0.860. The molecule has 16 heavy (non-hydrogen) atoms. The van der Waals surface area contributed by atoms with Gasteiger partial charge in [-0.05, 0) is 18.5 Å². The van der Waals surface area contributed by atoms with Crippen LogP contribution >= 0.6 is 0 Å². The summed E-state index contributed by atoms with van der Waals surface area (Å²) in [7, 11) is 2.07. The molecule has 0 aliphatic rings. The van der Waals surface area contributed by atoms with Gasteiger partial charge in [-0.15, -0.1) is 0 Å². The number of rotatable bonds is 6.